The molecular formula is C16H34IN5O. The van der Waals surface area contributed by atoms with Crippen molar-refractivity contribution in [3.05, 3.63) is 0 Å². The average molecular weight is 439 g/mol. The molecule has 0 saturated carbocycles. The fraction of sp³-hybridized carbons (Fsp3) is 0.938. The van der Waals surface area contributed by atoms with Gasteiger partial charge in [0.15, 0.2) is 5.96 Å². The Balaban J connectivity index is 0.00000264. The zero-order valence-corrected chi connectivity index (χ0v) is 17.4. The van der Waals surface area contributed by atoms with Gasteiger partial charge in [0, 0.05) is 51.9 Å². The molecule has 2 saturated heterocycles. The van der Waals surface area contributed by atoms with Crippen LogP contribution < -0.4 is 10.6 Å². The third-order valence-corrected chi connectivity index (χ3v) is 4.66. The molecule has 0 bridgehead atoms. The first kappa shape index (κ1) is 20.9. The zero-order valence-electron chi connectivity index (χ0n) is 15.0. The number of piperidine rings is 1. The summed E-state index contributed by atoms with van der Waals surface area (Å²) in [5, 5.41) is 6.97. The Morgan fingerprint density at radius 3 is 2.52 bits per heavy atom. The van der Waals surface area contributed by atoms with E-state index < -0.39 is 0 Å². The van der Waals surface area contributed by atoms with Crippen molar-refractivity contribution in [2.24, 2.45) is 4.99 Å². The SMILES string of the molecule is CN=C(NCC1CN(C)CCO1)NC1CCN(C(C)C)CC1.I. The van der Waals surface area contributed by atoms with Crippen molar-refractivity contribution in [3.63, 3.8) is 0 Å². The first-order chi connectivity index (χ1) is 10.6. The van der Waals surface area contributed by atoms with Gasteiger partial charge in [0.25, 0.3) is 0 Å². The number of likely N-dealkylation sites (N-methyl/N-ethyl adjacent to an activating group) is 1. The van der Waals surface area contributed by atoms with Crippen LogP contribution in [0, 0.1) is 0 Å². The third kappa shape index (κ3) is 7.11. The number of hydrogen-bond acceptors (Lipinski definition) is 4. The molecule has 0 radical (unpaired) electrons. The van der Waals surface area contributed by atoms with E-state index in [1.54, 1.807) is 0 Å². The minimum Gasteiger partial charge on any atom is -0.374 e. The third-order valence-electron chi connectivity index (χ3n) is 4.66. The molecule has 7 heteroatoms. The smallest absolute Gasteiger partial charge is 0.191 e. The minimum absolute atomic E-state index is 0. The predicted molar refractivity (Wildman–Crippen MR) is 107 cm³/mol. The number of halogens is 1. The number of nitrogens with one attached hydrogen (secondary N) is 2. The number of aliphatic imine (C=N–C) groups is 1. The molecule has 2 rings (SSSR count). The molecule has 0 spiro atoms. The number of morpholine rings is 1. The number of nitrogens with zero attached hydrogens (tertiary/aromatic N) is 3. The first-order valence-corrected chi connectivity index (χ1v) is 8.60. The molecule has 0 aliphatic carbocycles. The topological polar surface area (TPSA) is 52.1 Å². The summed E-state index contributed by atoms with van der Waals surface area (Å²) in [4.78, 5) is 9.21. The summed E-state index contributed by atoms with van der Waals surface area (Å²) in [6.45, 7) is 10.5. The normalized spacial score (nSPS) is 25.3. The molecule has 0 aromatic rings. The van der Waals surface area contributed by atoms with Crippen LogP contribution in [-0.4, -0.2) is 87.4 Å². The lowest BCUT2D eigenvalue weighted by Crippen LogP contribution is -2.52. The van der Waals surface area contributed by atoms with E-state index in [0.29, 0.717) is 12.1 Å². The van der Waals surface area contributed by atoms with E-state index in [9.17, 15) is 0 Å². The van der Waals surface area contributed by atoms with Crippen LogP contribution in [0.1, 0.15) is 26.7 Å². The standard InChI is InChI=1S/C16H33N5O.HI/c1-13(2)21-7-5-14(6-8-21)19-16(17-3)18-11-15-12-20(4)9-10-22-15;/h13-15H,5-12H2,1-4H3,(H2,17,18,19);1H. The second kappa shape index (κ2) is 10.7. The summed E-state index contributed by atoms with van der Waals surface area (Å²) in [6.07, 6.45) is 2.61. The molecule has 0 aromatic carbocycles. The molecule has 0 amide bonds. The van der Waals surface area contributed by atoms with Crippen LogP contribution >= 0.6 is 24.0 Å². The second-order valence-electron chi connectivity index (χ2n) is 6.76. The van der Waals surface area contributed by atoms with Crippen LogP contribution in [0.2, 0.25) is 0 Å². The summed E-state index contributed by atoms with van der Waals surface area (Å²) in [6, 6.07) is 1.18. The Kier molecular flexibility index (Phi) is 9.72. The molecule has 2 fully saturated rings. The van der Waals surface area contributed by atoms with Crippen molar-refractivity contribution in [2.45, 2.75) is 44.9 Å². The molecule has 2 heterocycles. The van der Waals surface area contributed by atoms with Crippen molar-refractivity contribution in [3.8, 4) is 0 Å². The lowest BCUT2D eigenvalue weighted by molar-refractivity contribution is -0.0161. The van der Waals surface area contributed by atoms with Crippen LogP contribution in [0.25, 0.3) is 0 Å². The molecule has 2 aliphatic rings. The molecule has 2 aliphatic heterocycles. The summed E-state index contributed by atoms with van der Waals surface area (Å²) >= 11 is 0. The predicted octanol–water partition coefficient (Wildman–Crippen LogP) is 0.973. The van der Waals surface area contributed by atoms with Crippen LogP contribution in [0.5, 0.6) is 0 Å². The monoisotopic (exact) mass is 439 g/mol. The van der Waals surface area contributed by atoms with Crippen molar-refractivity contribution >= 4 is 29.9 Å². The summed E-state index contributed by atoms with van der Waals surface area (Å²) < 4.78 is 5.78. The van der Waals surface area contributed by atoms with Crippen LogP contribution in [-0.2, 0) is 4.74 Å². The van der Waals surface area contributed by atoms with Crippen LogP contribution in [0.3, 0.4) is 0 Å². The van der Waals surface area contributed by atoms with Gasteiger partial charge >= 0.3 is 0 Å². The highest BCUT2D eigenvalue weighted by Gasteiger charge is 2.22. The van der Waals surface area contributed by atoms with E-state index >= 15 is 0 Å². The van der Waals surface area contributed by atoms with Gasteiger partial charge in [-0.3, -0.25) is 4.99 Å². The van der Waals surface area contributed by atoms with E-state index in [-0.39, 0.29) is 30.1 Å². The Morgan fingerprint density at radius 2 is 1.96 bits per heavy atom. The van der Waals surface area contributed by atoms with Gasteiger partial charge in [0.2, 0.25) is 0 Å². The second-order valence-corrected chi connectivity index (χ2v) is 6.76. The number of rotatable bonds is 4. The van der Waals surface area contributed by atoms with Gasteiger partial charge in [0.1, 0.15) is 0 Å². The van der Waals surface area contributed by atoms with E-state index in [0.717, 1.165) is 32.2 Å². The lowest BCUT2D eigenvalue weighted by Gasteiger charge is -2.35. The van der Waals surface area contributed by atoms with Crippen molar-refractivity contribution in [2.75, 3.05) is 53.4 Å². The molecule has 6 nitrogen and oxygen atoms in total. The summed E-state index contributed by atoms with van der Waals surface area (Å²) in [7, 11) is 3.98. The van der Waals surface area contributed by atoms with Crippen molar-refractivity contribution in [1.82, 2.24) is 20.4 Å². The number of likely N-dealkylation sites (tertiary alicyclic amines) is 1. The molecule has 2 N–H and O–H groups in total. The summed E-state index contributed by atoms with van der Waals surface area (Å²) in [5.74, 6) is 0.903. The highest BCUT2D eigenvalue weighted by atomic mass is 127. The quantitative estimate of drug-likeness (QED) is 0.389. The minimum atomic E-state index is 0. The van der Waals surface area contributed by atoms with Crippen LogP contribution in [0.4, 0.5) is 0 Å². The Morgan fingerprint density at radius 1 is 1.26 bits per heavy atom. The van der Waals surface area contributed by atoms with Gasteiger partial charge in [-0.1, -0.05) is 0 Å². The molecule has 1 unspecified atom stereocenters. The maximum Gasteiger partial charge on any atom is 0.191 e. The lowest BCUT2D eigenvalue weighted by atomic mass is 10.0. The molecule has 0 aromatic heterocycles. The Hall–Kier alpha value is -0.120. The van der Waals surface area contributed by atoms with Crippen LogP contribution in [0.15, 0.2) is 4.99 Å². The Labute approximate surface area is 158 Å². The van der Waals surface area contributed by atoms with E-state index in [2.05, 4.69) is 46.3 Å². The molecule has 136 valence electrons. The molecular weight excluding hydrogens is 405 g/mol. The number of ether oxygens (including phenoxy) is 1. The van der Waals surface area contributed by atoms with Gasteiger partial charge < -0.3 is 25.2 Å². The van der Waals surface area contributed by atoms with E-state index in [4.69, 9.17) is 4.74 Å². The molecule has 1 atom stereocenters. The number of hydrogen-bond donors (Lipinski definition) is 2. The number of guanidine groups is 1. The average Bonchev–Trinajstić information content (AvgIpc) is 2.52. The Bertz CT molecular complexity index is 358. The van der Waals surface area contributed by atoms with E-state index in [1.807, 2.05) is 7.05 Å². The van der Waals surface area contributed by atoms with Gasteiger partial charge in [0.05, 0.1) is 12.7 Å². The maximum atomic E-state index is 5.78. The zero-order chi connectivity index (χ0) is 15.9. The van der Waals surface area contributed by atoms with E-state index in [1.165, 1.54) is 25.9 Å². The summed E-state index contributed by atoms with van der Waals surface area (Å²) in [5.41, 5.74) is 0. The van der Waals surface area contributed by atoms with Crippen molar-refractivity contribution < 1.29 is 4.74 Å². The largest absolute Gasteiger partial charge is 0.374 e. The molecule has 23 heavy (non-hydrogen) atoms. The maximum absolute atomic E-state index is 5.78. The highest BCUT2D eigenvalue weighted by molar-refractivity contribution is 14.0. The highest BCUT2D eigenvalue weighted by Crippen LogP contribution is 2.12. The van der Waals surface area contributed by atoms with Gasteiger partial charge in [-0.25, -0.2) is 0 Å². The first-order valence-electron chi connectivity index (χ1n) is 8.60. The fourth-order valence-corrected chi connectivity index (χ4v) is 3.15. The fourth-order valence-electron chi connectivity index (χ4n) is 3.15. The van der Waals surface area contributed by atoms with Gasteiger partial charge in [-0.05, 0) is 33.7 Å². The van der Waals surface area contributed by atoms with Gasteiger partial charge in [-0.2, -0.15) is 0 Å². The van der Waals surface area contributed by atoms with Crippen molar-refractivity contribution in [1.29, 1.82) is 0 Å². The van der Waals surface area contributed by atoms with Gasteiger partial charge in [-0.15, -0.1) is 24.0 Å².